The number of piperidine rings is 1. The maximum atomic E-state index is 13.2. The van der Waals surface area contributed by atoms with Crippen LogP contribution in [0.2, 0.25) is 0 Å². The first-order chi connectivity index (χ1) is 15.9. The number of ether oxygens (including phenoxy) is 1. The molecular weight excluding hydrogens is 436 g/mol. The molecule has 0 radical (unpaired) electrons. The molecule has 1 heterocycles. The molecule has 1 saturated carbocycles. The van der Waals surface area contributed by atoms with E-state index >= 15 is 0 Å². The van der Waals surface area contributed by atoms with Gasteiger partial charge in [-0.2, -0.15) is 4.31 Å². The Hall–Kier alpha value is -2.64. The minimum absolute atomic E-state index is 0.00587. The number of benzene rings is 2. The molecule has 1 unspecified atom stereocenters. The van der Waals surface area contributed by atoms with Gasteiger partial charge in [0.2, 0.25) is 15.9 Å². The summed E-state index contributed by atoms with van der Waals surface area (Å²) in [4.78, 5) is 12.8. The van der Waals surface area contributed by atoms with Crippen LogP contribution in [-0.2, 0) is 14.8 Å². The van der Waals surface area contributed by atoms with Crippen LogP contribution in [0.1, 0.15) is 54.8 Å². The van der Waals surface area contributed by atoms with E-state index < -0.39 is 10.0 Å². The van der Waals surface area contributed by atoms with E-state index in [1.54, 1.807) is 24.3 Å². The van der Waals surface area contributed by atoms with E-state index in [9.17, 15) is 13.2 Å². The number of nitrogens with zero attached hydrogens (tertiary/aromatic N) is 1. The van der Waals surface area contributed by atoms with E-state index in [0.717, 1.165) is 37.7 Å². The predicted octanol–water partition coefficient (Wildman–Crippen LogP) is 4.46. The van der Waals surface area contributed by atoms with Crippen LogP contribution in [0.4, 0.5) is 0 Å². The van der Waals surface area contributed by atoms with Crippen molar-refractivity contribution in [2.75, 3.05) is 20.2 Å². The highest BCUT2D eigenvalue weighted by Gasteiger charge is 2.33. The van der Waals surface area contributed by atoms with Crippen LogP contribution >= 0.6 is 0 Å². The fourth-order valence-corrected chi connectivity index (χ4v) is 6.00. The van der Waals surface area contributed by atoms with Crippen molar-refractivity contribution in [3.8, 4) is 5.75 Å². The molecule has 1 atom stereocenters. The number of sulfonamides is 1. The standard InChI is InChI=1S/C26H32N2O4S/c1-19-6-10-21(11-7-19)26(22-12-13-22)27-25(29)15-9-20-8-14-23(32-2)24(18-20)33(30,31)28-16-4-3-5-17-28/h6-11,14-15,18,22,26H,3-5,12-13,16-17H2,1-2H3,(H,27,29)/b15-9+. The number of aryl methyl sites for hydroxylation is 1. The number of hydrogen-bond donors (Lipinski definition) is 1. The lowest BCUT2D eigenvalue weighted by atomic mass is 10.0. The van der Waals surface area contributed by atoms with E-state index in [0.29, 0.717) is 30.3 Å². The van der Waals surface area contributed by atoms with Crippen LogP contribution in [0.3, 0.4) is 0 Å². The molecule has 0 spiro atoms. The van der Waals surface area contributed by atoms with Crippen LogP contribution in [0, 0.1) is 12.8 Å². The van der Waals surface area contributed by atoms with Crippen molar-refractivity contribution in [3.63, 3.8) is 0 Å². The van der Waals surface area contributed by atoms with Crippen molar-refractivity contribution < 1.29 is 17.9 Å². The summed E-state index contributed by atoms with van der Waals surface area (Å²) in [6.07, 6.45) is 8.13. The summed E-state index contributed by atoms with van der Waals surface area (Å²) in [5.74, 6) is 0.589. The lowest BCUT2D eigenvalue weighted by Gasteiger charge is -2.26. The molecule has 2 aromatic rings. The van der Waals surface area contributed by atoms with Gasteiger partial charge in [0.05, 0.1) is 13.2 Å². The van der Waals surface area contributed by atoms with Crippen LogP contribution < -0.4 is 10.1 Å². The van der Waals surface area contributed by atoms with Gasteiger partial charge in [0.25, 0.3) is 0 Å². The van der Waals surface area contributed by atoms with E-state index in [2.05, 4.69) is 29.6 Å². The number of rotatable bonds is 8. The first-order valence-corrected chi connectivity index (χ1v) is 13.1. The molecule has 1 saturated heterocycles. The summed E-state index contributed by atoms with van der Waals surface area (Å²) in [7, 11) is -2.18. The number of carbonyl (C=O) groups is 1. The molecule has 4 rings (SSSR count). The molecule has 1 N–H and O–H groups in total. The largest absolute Gasteiger partial charge is 0.495 e. The number of nitrogens with one attached hydrogen (secondary N) is 1. The van der Waals surface area contributed by atoms with Gasteiger partial charge in [-0.3, -0.25) is 4.79 Å². The topological polar surface area (TPSA) is 75.7 Å². The quantitative estimate of drug-likeness (QED) is 0.581. The first-order valence-electron chi connectivity index (χ1n) is 11.6. The lowest BCUT2D eigenvalue weighted by molar-refractivity contribution is -0.117. The van der Waals surface area contributed by atoms with Crippen LogP contribution in [-0.4, -0.2) is 38.8 Å². The Bertz CT molecular complexity index is 1120. The average molecular weight is 469 g/mol. The molecule has 0 bridgehead atoms. The van der Waals surface area contributed by atoms with Crippen molar-refractivity contribution >= 4 is 22.0 Å². The van der Waals surface area contributed by atoms with E-state index in [1.807, 2.05) is 6.92 Å². The van der Waals surface area contributed by atoms with Gasteiger partial charge in [-0.25, -0.2) is 8.42 Å². The summed E-state index contributed by atoms with van der Waals surface area (Å²) in [5.41, 5.74) is 2.94. The maximum absolute atomic E-state index is 13.2. The van der Waals surface area contributed by atoms with Gasteiger partial charge < -0.3 is 10.1 Å². The summed E-state index contributed by atoms with van der Waals surface area (Å²) in [6, 6.07) is 13.3. The Balaban J connectivity index is 1.51. The van der Waals surface area contributed by atoms with Gasteiger partial charge in [-0.15, -0.1) is 0 Å². The molecule has 2 fully saturated rings. The van der Waals surface area contributed by atoms with Crippen molar-refractivity contribution in [2.24, 2.45) is 5.92 Å². The minimum atomic E-state index is -3.65. The third-order valence-electron chi connectivity index (χ3n) is 6.38. The average Bonchev–Trinajstić information content (AvgIpc) is 3.67. The third-order valence-corrected chi connectivity index (χ3v) is 8.30. The number of carbonyl (C=O) groups excluding carboxylic acids is 1. The summed E-state index contributed by atoms with van der Waals surface area (Å²) in [5, 5.41) is 3.13. The molecule has 33 heavy (non-hydrogen) atoms. The van der Waals surface area contributed by atoms with Gasteiger partial charge in [-0.1, -0.05) is 42.3 Å². The second-order valence-electron chi connectivity index (χ2n) is 8.94. The Morgan fingerprint density at radius 2 is 1.79 bits per heavy atom. The van der Waals surface area contributed by atoms with Gasteiger partial charge in [0.15, 0.2) is 0 Å². The Labute approximate surface area is 196 Å². The molecular formula is C26H32N2O4S. The third kappa shape index (κ3) is 5.65. The second-order valence-corrected chi connectivity index (χ2v) is 10.8. The van der Waals surface area contributed by atoms with Crippen molar-refractivity contribution in [1.82, 2.24) is 9.62 Å². The molecule has 7 heteroatoms. The Morgan fingerprint density at radius 1 is 1.09 bits per heavy atom. The Morgan fingerprint density at radius 3 is 2.42 bits per heavy atom. The summed E-state index contributed by atoms with van der Waals surface area (Å²) < 4.78 is 33.3. The molecule has 1 aliphatic carbocycles. The maximum Gasteiger partial charge on any atom is 0.246 e. The highest BCUT2D eigenvalue weighted by atomic mass is 32.2. The number of amides is 1. The zero-order chi connectivity index (χ0) is 23.4. The SMILES string of the molecule is COc1ccc(/C=C/C(=O)NC(c2ccc(C)cc2)C2CC2)cc1S(=O)(=O)N1CCCCC1. The monoisotopic (exact) mass is 468 g/mol. The molecule has 2 aromatic carbocycles. The van der Waals surface area contributed by atoms with Crippen molar-refractivity contribution in [2.45, 2.75) is 50.0 Å². The predicted molar refractivity (Wildman–Crippen MR) is 129 cm³/mol. The summed E-state index contributed by atoms with van der Waals surface area (Å²) in [6.45, 7) is 3.09. The van der Waals surface area contributed by atoms with E-state index in [1.165, 1.54) is 23.1 Å². The highest BCUT2D eigenvalue weighted by molar-refractivity contribution is 7.89. The number of methoxy groups -OCH3 is 1. The van der Waals surface area contributed by atoms with Gasteiger partial charge in [0, 0.05) is 19.2 Å². The van der Waals surface area contributed by atoms with Gasteiger partial charge in [0.1, 0.15) is 10.6 Å². The molecule has 176 valence electrons. The van der Waals surface area contributed by atoms with Crippen LogP contribution in [0.25, 0.3) is 6.08 Å². The molecule has 6 nitrogen and oxygen atoms in total. The first kappa shape index (κ1) is 23.5. The number of hydrogen-bond acceptors (Lipinski definition) is 4. The van der Waals surface area contributed by atoms with Crippen molar-refractivity contribution in [3.05, 3.63) is 65.2 Å². The normalized spacial score (nSPS) is 18.2. The molecule has 1 aliphatic heterocycles. The zero-order valence-electron chi connectivity index (χ0n) is 19.3. The second kappa shape index (κ2) is 10.1. The highest BCUT2D eigenvalue weighted by Crippen LogP contribution is 2.41. The Kier molecular flexibility index (Phi) is 7.20. The smallest absolute Gasteiger partial charge is 0.246 e. The van der Waals surface area contributed by atoms with E-state index in [-0.39, 0.29) is 16.8 Å². The molecule has 0 aromatic heterocycles. The van der Waals surface area contributed by atoms with Gasteiger partial charge in [-0.05, 0) is 67.9 Å². The molecule has 2 aliphatic rings. The van der Waals surface area contributed by atoms with Crippen LogP contribution in [0.15, 0.2) is 53.4 Å². The fraction of sp³-hybridized carbons (Fsp3) is 0.423. The minimum Gasteiger partial charge on any atom is -0.495 e. The van der Waals surface area contributed by atoms with Crippen LogP contribution in [0.5, 0.6) is 5.75 Å². The van der Waals surface area contributed by atoms with Crippen molar-refractivity contribution in [1.29, 1.82) is 0 Å². The zero-order valence-corrected chi connectivity index (χ0v) is 20.1. The fourth-order valence-electron chi connectivity index (χ4n) is 4.29. The van der Waals surface area contributed by atoms with Gasteiger partial charge >= 0.3 is 0 Å². The van der Waals surface area contributed by atoms with E-state index in [4.69, 9.17) is 4.74 Å². The molecule has 1 amide bonds. The lowest BCUT2D eigenvalue weighted by Crippen LogP contribution is -2.35. The summed E-state index contributed by atoms with van der Waals surface area (Å²) >= 11 is 0.